The molecule has 1 atom stereocenters. The summed E-state index contributed by atoms with van der Waals surface area (Å²) in [5, 5.41) is 0. The first kappa shape index (κ1) is 24.0. The van der Waals surface area contributed by atoms with Gasteiger partial charge in [-0.1, -0.05) is 84.1 Å². The van der Waals surface area contributed by atoms with Crippen molar-refractivity contribution in [2.75, 3.05) is 12.9 Å². The van der Waals surface area contributed by atoms with Crippen molar-refractivity contribution in [2.24, 2.45) is 4.99 Å². The van der Waals surface area contributed by atoms with E-state index in [1.165, 1.54) is 11.3 Å². The maximum Gasteiger partial charge on any atom is 0.338 e. The fraction of sp³-hybridized carbons (Fsp3) is 0.138. The van der Waals surface area contributed by atoms with Crippen LogP contribution in [-0.2, 0) is 9.53 Å². The summed E-state index contributed by atoms with van der Waals surface area (Å²) in [6, 6.07) is 26.6. The summed E-state index contributed by atoms with van der Waals surface area (Å²) >= 11 is 2.96. The Labute approximate surface area is 217 Å². The summed E-state index contributed by atoms with van der Waals surface area (Å²) in [7, 11) is 0. The number of carbonyl (C=O) groups is 1. The lowest BCUT2D eigenvalue weighted by Gasteiger charge is -2.26. The Morgan fingerprint density at radius 1 is 1.03 bits per heavy atom. The van der Waals surface area contributed by atoms with Gasteiger partial charge in [-0.3, -0.25) is 9.36 Å². The molecule has 5 rings (SSSR count). The number of aromatic nitrogens is 1. The van der Waals surface area contributed by atoms with Crippen molar-refractivity contribution in [1.82, 2.24) is 4.57 Å². The minimum Gasteiger partial charge on any atom is -0.463 e. The molecule has 0 radical (unpaired) electrons. The average molecular weight is 513 g/mol. The molecule has 0 bridgehead atoms. The van der Waals surface area contributed by atoms with E-state index in [2.05, 4.69) is 0 Å². The van der Waals surface area contributed by atoms with Crippen LogP contribution in [0.1, 0.15) is 29.7 Å². The number of benzene rings is 3. The molecule has 7 heteroatoms. The first-order valence-electron chi connectivity index (χ1n) is 11.6. The number of ether oxygens (including phenoxy) is 1. The van der Waals surface area contributed by atoms with E-state index in [9.17, 15) is 9.59 Å². The van der Waals surface area contributed by atoms with Gasteiger partial charge in [-0.15, -0.1) is 11.8 Å². The van der Waals surface area contributed by atoms with Gasteiger partial charge in [0.15, 0.2) is 4.80 Å². The van der Waals surface area contributed by atoms with Crippen LogP contribution in [0.15, 0.2) is 105 Å². The topological polar surface area (TPSA) is 60.7 Å². The van der Waals surface area contributed by atoms with Gasteiger partial charge in [0.2, 0.25) is 0 Å². The van der Waals surface area contributed by atoms with E-state index < -0.39 is 12.0 Å². The molecule has 4 aromatic rings. The Morgan fingerprint density at radius 2 is 1.69 bits per heavy atom. The maximum atomic E-state index is 13.8. The van der Waals surface area contributed by atoms with Crippen molar-refractivity contribution in [3.05, 3.63) is 127 Å². The molecular formula is C29H24N2O3S2. The lowest BCUT2D eigenvalue weighted by Crippen LogP contribution is -2.40. The summed E-state index contributed by atoms with van der Waals surface area (Å²) in [6.07, 6.45) is 3.88. The lowest BCUT2D eigenvalue weighted by atomic mass is 9.93. The van der Waals surface area contributed by atoms with Gasteiger partial charge in [-0.2, -0.15) is 0 Å². The van der Waals surface area contributed by atoms with Crippen LogP contribution in [0.4, 0.5) is 0 Å². The smallest absolute Gasteiger partial charge is 0.338 e. The van der Waals surface area contributed by atoms with E-state index in [4.69, 9.17) is 9.73 Å². The van der Waals surface area contributed by atoms with E-state index in [1.807, 2.05) is 97.3 Å². The largest absolute Gasteiger partial charge is 0.463 e. The Morgan fingerprint density at radius 3 is 2.33 bits per heavy atom. The van der Waals surface area contributed by atoms with Gasteiger partial charge < -0.3 is 4.74 Å². The molecule has 180 valence electrons. The second-order valence-corrected chi connectivity index (χ2v) is 10.0. The minimum atomic E-state index is -0.663. The van der Waals surface area contributed by atoms with Crippen molar-refractivity contribution in [3.8, 4) is 0 Å². The Bertz CT molecular complexity index is 1600. The third kappa shape index (κ3) is 4.59. The molecule has 2 heterocycles. The number of fused-ring (bicyclic) bond motifs is 1. The molecule has 3 aromatic carbocycles. The van der Waals surface area contributed by atoms with E-state index in [-0.39, 0.29) is 12.2 Å². The Hall–Kier alpha value is -3.68. The zero-order valence-corrected chi connectivity index (χ0v) is 21.5. The van der Waals surface area contributed by atoms with Crippen LogP contribution < -0.4 is 14.9 Å². The zero-order valence-electron chi connectivity index (χ0n) is 19.9. The lowest BCUT2D eigenvalue weighted by molar-refractivity contribution is -0.138. The van der Waals surface area contributed by atoms with Crippen LogP contribution in [0.5, 0.6) is 0 Å². The van der Waals surface area contributed by atoms with Gasteiger partial charge in [-0.05, 0) is 42.5 Å². The normalized spacial score (nSPS) is 15.4. The van der Waals surface area contributed by atoms with Gasteiger partial charge in [-0.25, -0.2) is 9.79 Å². The van der Waals surface area contributed by atoms with Crippen molar-refractivity contribution < 1.29 is 9.53 Å². The molecule has 1 aromatic heterocycles. The summed E-state index contributed by atoms with van der Waals surface area (Å²) < 4.78 is 7.70. The van der Waals surface area contributed by atoms with Crippen LogP contribution in [-0.4, -0.2) is 23.4 Å². The third-order valence-corrected chi connectivity index (χ3v) is 7.63. The minimum absolute atomic E-state index is 0.185. The molecule has 0 N–H and O–H groups in total. The second-order valence-electron chi connectivity index (χ2n) is 8.12. The Kier molecular flexibility index (Phi) is 7.02. The molecule has 0 spiro atoms. The Balaban J connectivity index is 1.82. The number of thiazole rings is 1. The highest BCUT2D eigenvalue weighted by molar-refractivity contribution is 7.98. The standard InChI is InChI=1S/C29H24N2O3S2/c1-3-34-28(33)24-25(20-12-8-5-9-13-20)30-29-31(26(24)21-14-16-22(35-2)17-15-21)27(32)23(36-29)18-19-10-6-4-7-11-19/h4-18,26H,3H2,1-2H3/b23-18-/t26-/m0/s1. The number of esters is 1. The number of rotatable bonds is 6. The van der Waals surface area contributed by atoms with E-state index >= 15 is 0 Å². The van der Waals surface area contributed by atoms with Crippen molar-refractivity contribution >= 4 is 40.8 Å². The molecule has 36 heavy (non-hydrogen) atoms. The number of thioether (sulfide) groups is 1. The molecule has 0 saturated carbocycles. The monoisotopic (exact) mass is 512 g/mol. The second kappa shape index (κ2) is 10.5. The zero-order chi connectivity index (χ0) is 25.1. The van der Waals surface area contributed by atoms with Crippen molar-refractivity contribution in [3.63, 3.8) is 0 Å². The highest BCUT2D eigenvalue weighted by Gasteiger charge is 2.35. The summed E-state index contributed by atoms with van der Waals surface area (Å²) in [5.41, 5.74) is 3.25. The summed E-state index contributed by atoms with van der Waals surface area (Å²) in [4.78, 5) is 33.8. The molecule has 0 saturated heterocycles. The molecule has 5 nitrogen and oxygen atoms in total. The number of hydrogen-bond donors (Lipinski definition) is 0. The first-order chi connectivity index (χ1) is 17.6. The first-order valence-corrected chi connectivity index (χ1v) is 13.6. The van der Waals surface area contributed by atoms with Gasteiger partial charge in [0.05, 0.1) is 28.5 Å². The van der Waals surface area contributed by atoms with Crippen LogP contribution >= 0.6 is 23.1 Å². The van der Waals surface area contributed by atoms with Gasteiger partial charge >= 0.3 is 5.97 Å². The molecule has 0 aliphatic carbocycles. The summed E-state index contributed by atoms with van der Waals surface area (Å²) in [5.74, 6) is -0.476. The third-order valence-electron chi connectivity index (χ3n) is 5.90. The van der Waals surface area contributed by atoms with Gasteiger partial charge in [0.1, 0.15) is 0 Å². The molecule has 0 unspecified atom stereocenters. The number of carbonyl (C=O) groups excluding carboxylic acids is 1. The fourth-order valence-corrected chi connectivity index (χ4v) is 5.65. The molecule has 1 aliphatic heterocycles. The average Bonchev–Trinajstić information content (AvgIpc) is 3.23. The maximum absolute atomic E-state index is 13.8. The predicted octanol–water partition coefficient (Wildman–Crippen LogP) is 4.66. The molecular weight excluding hydrogens is 488 g/mol. The molecule has 0 amide bonds. The summed E-state index contributed by atoms with van der Waals surface area (Å²) in [6.45, 7) is 2.00. The highest BCUT2D eigenvalue weighted by atomic mass is 32.2. The predicted molar refractivity (Wildman–Crippen MR) is 146 cm³/mol. The van der Waals surface area contributed by atoms with Crippen molar-refractivity contribution in [2.45, 2.75) is 17.9 Å². The SMILES string of the molecule is CCOC(=O)C1=C(c2ccccc2)N=c2s/c(=C\c3ccccc3)c(=O)n2[C@H]1c1ccc(SC)cc1. The van der Waals surface area contributed by atoms with Gasteiger partial charge in [0.25, 0.3) is 5.56 Å². The highest BCUT2D eigenvalue weighted by Crippen LogP contribution is 2.35. The van der Waals surface area contributed by atoms with Gasteiger partial charge in [0, 0.05) is 10.5 Å². The van der Waals surface area contributed by atoms with Crippen LogP contribution in [0.25, 0.3) is 11.8 Å². The number of nitrogens with zero attached hydrogens (tertiary/aromatic N) is 2. The van der Waals surface area contributed by atoms with E-state index in [0.717, 1.165) is 21.6 Å². The fourth-order valence-electron chi connectivity index (χ4n) is 4.24. The van der Waals surface area contributed by atoms with Crippen LogP contribution in [0.3, 0.4) is 0 Å². The van der Waals surface area contributed by atoms with E-state index in [1.54, 1.807) is 23.3 Å². The quantitative estimate of drug-likeness (QED) is 0.279. The molecule has 0 fully saturated rings. The molecule has 1 aliphatic rings. The van der Waals surface area contributed by atoms with Crippen molar-refractivity contribution in [1.29, 1.82) is 0 Å². The van der Waals surface area contributed by atoms with Crippen LogP contribution in [0.2, 0.25) is 0 Å². The van der Waals surface area contributed by atoms with Crippen LogP contribution in [0, 0.1) is 0 Å². The van der Waals surface area contributed by atoms with E-state index in [0.29, 0.717) is 20.6 Å². The number of hydrogen-bond acceptors (Lipinski definition) is 6.